The molecule has 0 radical (unpaired) electrons. The van der Waals surface area contributed by atoms with Gasteiger partial charge in [0.2, 0.25) is 0 Å². The molecule has 0 N–H and O–H groups in total. The van der Waals surface area contributed by atoms with Crippen molar-refractivity contribution >= 4 is 22.9 Å². The quantitative estimate of drug-likeness (QED) is 0.700. The Balaban J connectivity index is 2.46. The van der Waals surface area contributed by atoms with E-state index in [1.54, 1.807) is 11.7 Å². The molecule has 0 saturated heterocycles. The van der Waals surface area contributed by atoms with E-state index >= 15 is 0 Å². The summed E-state index contributed by atoms with van der Waals surface area (Å²) in [5.74, 6) is 1.09. The fraction of sp³-hybridized carbons (Fsp3) is 0.143. The van der Waals surface area contributed by atoms with Crippen LogP contribution in [-0.4, -0.2) is 9.97 Å². The fourth-order valence-electron chi connectivity index (χ4n) is 0.893. The SMILES string of the molecule is ClCc1ncoc1-c1cncs1. The Hall–Kier alpha value is -0.870. The van der Waals surface area contributed by atoms with Crippen molar-refractivity contribution in [1.82, 2.24) is 9.97 Å². The van der Waals surface area contributed by atoms with E-state index in [9.17, 15) is 0 Å². The van der Waals surface area contributed by atoms with Crippen molar-refractivity contribution in [2.45, 2.75) is 5.88 Å². The van der Waals surface area contributed by atoms with Crippen molar-refractivity contribution in [3.8, 4) is 10.6 Å². The molecule has 0 aromatic carbocycles. The molecule has 0 bridgehead atoms. The lowest BCUT2D eigenvalue weighted by Gasteiger charge is -1.90. The summed E-state index contributed by atoms with van der Waals surface area (Å²) in [4.78, 5) is 8.87. The summed E-state index contributed by atoms with van der Waals surface area (Å²) < 4.78 is 5.17. The Kier molecular flexibility index (Phi) is 2.10. The minimum Gasteiger partial charge on any atom is -0.442 e. The molecule has 0 atom stereocenters. The molecular weight excluding hydrogens is 196 g/mol. The van der Waals surface area contributed by atoms with Crippen LogP contribution in [0.5, 0.6) is 0 Å². The molecule has 0 unspecified atom stereocenters. The summed E-state index contributed by atoms with van der Waals surface area (Å²) in [6.07, 6.45) is 3.13. The molecule has 0 fully saturated rings. The Labute approximate surface area is 78.0 Å². The van der Waals surface area contributed by atoms with E-state index in [1.165, 1.54) is 17.7 Å². The molecule has 2 aromatic rings. The third kappa shape index (κ3) is 1.23. The average Bonchev–Trinajstić information content (AvgIpc) is 2.74. The highest BCUT2D eigenvalue weighted by molar-refractivity contribution is 7.13. The minimum atomic E-state index is 0.365. The van der Waals surface area contributed by atoms with Crippen LogP contribution < -0.4 is 0 Å². The summed E-state index contributed by atoms with van der Waals surface area (Å²) in [5.41, 5.74) is 2.51. The number of aromatic nitrogens is 2. The Bertz CT molecular complexity index is 357. The van der Waals surface area contributed by atoms with Gasteiger partial charge in [-0.1, -0.05) is 0 Å². The molecule has 0 aliphatic rings. The third-order valence-corrected chi connectivity index (χ3v) is 2.45. The van der Waals surface area contributed by atoms with Gasteiger partial charge >= 0.3 is 0 Å². The molecule has 2 heterocycles. The summed E-state index contributed by atoms with van der Waals surface area (Å²) in [7, 11) is 0. The molecular formula is C7H5ClN2OS. The number of nitrogens with zero attached hydrogens (tertiary/aromatic N) is 2. The van der Waals surface area contributed by atoms with E-state index in [0.29, 0.717) is 5.88 Å². The van der Waals surface area contributed by atoms with Gasteiger partial charge < -0.3 is 4.42 Å². The van der Waals surface area contributed by atoms with Crippen LogP contribution in [0.2, 0.25) is 0 Å². The number of alkyl halides is 1. The number of hydrogen-bond acceptors (Lipinski definition) is 4. The monoisotopic (exact) mass is 200 g/mol. The molecule has 5 heteroatoms. The van der Waals surface area contributed by atoms with E-state index in [1.807, 2.05) is 0 Å². The van der Waals surface area contributed by atoms with Gasteiger partial charge in [-0.05, 0) is 0 Å². The lowest BCUT2D eigenvalue weighted by Crippen LogP contribution is -1.79. The van der Waals surface area contributed by atoms with E-state index in [0.717, 1.165) is 16.3 Å². The van der Waals surface area contributed by atoms with Gasteiger partial charge in [0.05, 0.1) is 16.3 Å². The van der Waals surface area contributed by atoms with Gasteiger partial charge in [0.15, 0.2) is 12.2 Å². The molecule has 0 spiro atoms. The summed E-state index contributed by atoms with van der Waals surface area (Å²) in [6, 6.07) is 0. The first-order chi connectivity index (χ1) is 5.92. The van der Waals surface area contributed by atoms with E-state index in [2.05, 4.69) is 9.97 Å². The van der Waals surface area contributed by atoms with Crippen LogP contribution in [0.15, 0.2) is 22.5 Å². The van der Waals surface area contributed by atoms with Gasteiger partial charge in [-0.2, -0.15) is 0 Å². The normalized spacial score (nSPS) is 10.4. The van der Waals surface area contributed by atoms with Crippen LogP contribution in [0.3, 0.4) is 0 Å². The molecule has 3 nitrogen and oxygen atoms in total. The summed E-state index contributed by atoms with van der Waals surface area (Å²) in [6.45, 7) is 0. The Morgan fingerprint density at radius 2 is 2.50 bits per heavy atom. The highest BCUT2D eigenvalue weighted by atomic mass is 35.5. The van der Waals surface area contributed by atoms with Crippen LogP contribution in [0.1, 0.15) is 5.69 Å². The van der Waals surface area contributed by atoms with Crippen molar-refractivity contribution in [2.75, 3.05) is 0 Å². The standard InChI is InChI=1S/C7H5ClN2OS/c8-1-5-7(11-3-10-5)6-2-9-4-12-6/h2-4H,1H2. The zero-order chi connectivity index (χ0) is 8.39. The van der Waals surface area contributed by atoms with Crippen molar-refractivity contribution in [3.05, 3.63) is 23.8 Å². The molecule has 0 amide bonds. The number of thiazole rings is 1. The van der Waals surface area contributed by atoms with Crippen LogP contribution in [0.25, 0.3) is 10.6 Å². The fourth-order valence-corrected chi connectivity index (χ4v) is 1.71. The van der Waals surface area contributed by atoms with Crippen molar-refractivity contribution < 1.29 is 4.42 Å². The van der Waals surface area contributed by atoms with Gasteiger partial charge in [0.25, 0.3) is 0 Å². The molecule has 62 valence electrons. The first kappa shape index (κ1) is 7.76. The van der Waals surface area contributed by atoms with Crippen molar-refractivity contribution in [3.63, 3.8) is 0 Å². The molecule has 2 rings (SSSR count). The number of rotatable bonds is 2. The van der Waals surface area contributed by atoms with E-state index < -0.39 is 0 Å². The zero-order valence-electron chi connectivity index (χ0n) is 6.03. The van der Waals surface area contributed by atoms with E-state index in [4.69, 9.17) is 16.0 Å². The lowest BCUT2D eigenvalue weighted by molar-refractivity contribution is 0.572. The van der Waals surface area contributed by atoms with E-state index in [-0.39, 0.29) is 0 Å². The number of oxazole rings is 1. The topological polar surface area (TPSA) is 38.9 Å². The maximum atomic E-state index is 5.65. The van der Waals surface area contributed by atoms with Gasteiger partial charge in [-0.3, -0.25) is 4.98 Å². The molecule has 0 aliphatic carbocycles. The number of hydrogen-bond donors (Lipinski definition) is 0. The van der Waals surface area contributed by atoms with Gasteiger partial charge in [0.1, 0.15) is 5.69 Å². The predicted molar refractivity (Wildman–Crippen MR) is 47.2 cm³/mol. The third-order valence-electron chi connectivity index (χ3n) is 1.42. The molecule has 2 aromatic heterocycles. The van der Waals surface area contributed by atoms with Crippen molar-refractivity contribution in [2.24, 2.45) is 0 Å². The second-order valence-corrected chi connectivity index (χ2v) is 3.28. The average molecular weight is 201 g/mol. The second-order valence-electron chi connectivity index (χ2n) is 2.13. The van der Waals surface area contributed by atoms with Gasteiger partial charge in [-0.25, -0.2) is 4.98 Å². The number of halogens is 1. The van der Waals surface area contributed by atoms with Crippen LogP contribution in [0, 0.1) is 0 Å². The Morgan fingerprint density at radius 1 is 1.58 bits per heavy atom. The minimum absolute atomic E-state index is 0.365. The van der Waals surface area contributed by atoms with Crippen molar-refractivity contribution in [1.29, 1.82) is 0 Å². The van der Waals surface area contributed by atoms with Crippen LogP contribution in [0.4, 0.5) is 0 Å². The first-order valence-electron chi connectivity index (χ1n) is 3.29. The maximum Gasteiger partial charge on any atom is 0.181 e. The van der Waals surface area contributed by atoms with Crippen LogP contribution in [-0.2, 0) is 5.88 Å². The van der Waals surface area contributed by atoms with Gasteiger partial charge in [-0.15, -0.1) is 22.9 Å². The lowest BCUT2D eigenvalue weighted by atomic mass is 10.3. The Morgan fingerprint density at radius 3 is 3.17 bits per heavy atom. The van der Waals surface area contributed by atoms with Gasteiger partial charge in [0, 0.05) is 6.20 Å². The first-order valence-corrected chi connectivity index (χ1v) is 4.70. The predicted octanol–water partition coefficient (Wildman–Crippen LogP) is 2.54. The smallest absolute Gasteiger partial charge is 0.181 e. The summed E-state index contributed by atoms with van der Waals surface area (Å²) in [5, 5.41) is 0. The maximum absolute atomic E-state index is 5.65. The molecule has 12 heavy (non-hydrogen) atoms. The second kappa shape index (κ2) is 3.25. The highest BCUT2D eigenvalue weighted by Gasteiger charge is 2.10. The van der Waals surface area contributed by atoms with Crippen LogP contribution >= 0.6 is 22.9 Å². The largest absolute Gasteiger partial charge is 0.442 e. The molecule has 0 saturated carbocycles. The molecule has 0 aliphatic heterocycles. The zero-order valence-corrected chi connectivity index (χ0v) is 7.60. The highest BCUT2D eigenvalue weighted by Crippen LogP contribution is 2.26. The summed E-state index contributed by atoms with van der Waals surface area (Å²) >= 11 is 7.16.